The van der Waals surface area contributed by atoms with Crippen molar-refractivity contribution >= 4 is 11.3 Å². The average molecular weight is 345 g/mol. The number of hydrogen-bond donors (Lipinski definition) is 0. The summed E-state index contributed by atoms with van der Waals surface area (Å²) in [5.74, 6) is 0. The van der Waals surface area contributed by atoms with Crippen molar-refractivity contribution in [3.63, 3.8) is 0 Å². The van der Waals surface area contributed by atoms with Gasteiger partial charge in [0.1, 0.15) is 5.01 Å². The number of hydrogen-bond acceptors (Lipinski definition) is 6. The summed E-state index contributed by atoms with van der Waals surface area (Å²) in [4.78, 5) is 11.2. The van der Waals surface area contributed by atoms with Gasteiger partial charge in [-0.3, -0.25) is 9.88 Å². The normalized spacial score (nSPS) is 27.3. The van der Waals surface area contributed by atoms with E-state index in [0.717, 1.165) is 43.8 Å². The van der Waals surface area contributed by atoms with E-state index < -0.39 is 0 Å². The van der Waals surface area contributed by atoms with Crippen LogP contribution in [0.15, 0.2) is 29.9 Å². The molecule has 1 aliphatic carbocycles. The highest BCUT2D eigenvalue weighted by atomic mass is 32.1. The molecule has 1 saturated heterocycles. The number of fused-ring (bicyclic) bond motifs is 2. The van der Waals surface area contributed by atoms with Gasteiger partial charge in [-0.05, 0) is 37.5 Å². The van der Waals surface area contributed by atoms with Crippen molar-refractivity contribution in [1.29, 1.82) is 0 Å². The van der Waals surface area contributed by atoms with Crippen LogP contribution in [-0.4, -0.2) is 46.3 Å². The number of nitrogens with zero attached hydrogens (tertiary/aromatic N) is 3. The van der Waals surface area contributed by atoms with Gasteiger partial charge in [0.15, 0.2) is 0 Å². The highest BCUT2D eigenvalue weighted by Crippen LogP contribution is 2.33. The first-order valence-electron chi connectivity index (χ1n) is 8.57. The van der Waals surface area contributed by atoms with Crippen LogP contribution >= 0.6 is 11.3 Å². The second-order valence-corrected chi connectivity index (χ2v) is 7.48. The van der Waals surface area contributed by atoms with Crippen molar-refractivity contribution in [3.8, 4) is 0 Å². The number of thiazole rings is 1. The van der Waals surface area contributed by atoms with E-state index in [-0.39, 0.29) is 12.2 Å². The van der Waals surface area contributed by atoms with Gasteiger partial charge in [-0.1, -0.05) is 0 Å². The molecule has 5 nitrogen and oxygen atoms in total. The van der Waals surface area contributed by atoms with Gasteiger partial charge < -0.3 is 9.47 Å². The Balaban J connectivity index is 1.45. The van der Waals surface area contributed by atoms with Crippen LogP contribution in [-0.2, 0) is 22.6 Å². The molecule has 4 rings (SSSR count). The Morgan fingerprint density at radius 3 is 3.00 bits per heavy atom. The van der Waals surface area contributed by atoms with Crippen LogP contribution in [0.1, 0.15) is 29.1 Å². The molecule has 2 bridgehead atoms. The Morgan fingerprint density at radius 2 is 2.21 bits per heavy atom. The van der Waals surface area contributed by atoms with Crippen LogP contribution in [0.25, 0.3) is 0 Å². The molecule has 0 unspecified atom stereocenters. The molecule has 1 aliphatic heterocycles. The molecule has 3 atom stereocenters. The highest BCUT2D eigenvalue weighted by Gasteiger charge is 2.43. The second-order valence-electron chi connectivity index (χ2n) is 6.54. The fourth-order valence-electron chi connectivity index (χ4n) is 3.70. The molecule has 0 N–H and O–H groups in total. The predicted molar refractivity (Wildman–Crippen MR) is 92.8 cm³/mol. The van der Waals surface area contributed by atoms with Crippen LogP contribution in [0.3, 0.4) is 0 Å². The van der Waals surface area contributed by atoms with Crippen LogP contribution in [0.2, 0.25) is 0 Å². The summed E-state index contributed by atoms with van der Waals surface area (Å²) in [6.45, 7) is 5.30. The topological polar surface area (TPSA) is 47.5 Å². The van der Waals surface area contributed by atoms with Crippen LogP contribution in [0, 0.1) is 6.92 Å². The van der Waals surface area contributed by atoms with Crippen LogP contribution in [0.4, 0.5) is 0 Å². The van der Waals surface area contributed by atoms with Crippen molar-refractivity contribution in [2.24, 2.45) is 0 Å². The standard InChI is InChI=1S/C18H23N3O2S/c1-13-12-24-17(20-13)10-21-8-9-22-16-3-2-15(21)18(16)23-11-14-4-6-19-7-5-14/h4-7,12,15-16,18H,2-3,8-11H2,1H3/t15-,16-,18+/m0/s1. The van der Waals surface area contributed by atoms with Crippen molar-refractivity contribution in [2.75, 3.05) is 13.2 Å². The lowest BCUT2D eigenvalue weighted by atomic mass is 10.1. The monoisotopic (exact) mass is 345 g/mol. The zero-order valence-corrected chi connectivity index (χ0v) is 14.7. The molecule has 0 aromatic carbocycles. The van der Waals surface area contributed by atoms with E-state index in [1.807, 2.05) is 24.5 Å². The van der Waals surface area contributed by atoms with E-state index in [1.165, 1.54) is 5.01 Å². The predicted octanol–water partition coefficient (Wildman–Crippen LogP) is 2.80. The SMILES string of the molecule is Cc1csc(CN2CCO[C@H]3CC[C@H]2[C@H]3OCc2ccncc2)n1. The minimum absolute atomic E-state index is 0.140. The zero-order valence-electron chi connectivity index (χ0n) is 13.9. The molecule has 2 aromatic rings. The lowest BCUT2D eigenvalue weighted by molar-refractivity contribution is -0.0614. The Morgan fingerprint density at radius 1 is 1.33 bits per heavy atom. The lowest BCUT2D eigenvalue weighted by Crippen LogP contribution is -2.42. The van der Waals surface area contributed by atoms with Gasteiger partial charge in [0.05, 0.1) is 32.0 Å². The first-order valence-corrected chi connectivity index (χ1v) is 9.45. The van der Waals surface area contributed by atoms with Crippen molar-refractivity contribution in [3.05, 3.63) is 46.2 Å². The smallest absolute Gasteiger partial charge is 0.107 e. The molecule has 2 aromatic heterocycles. The third-order valence-electron chi connectivity index (χ3n) is 4.87. The summed E-state index contributed by atoms with van der Waals surface area (Å²) >= 11 is 1.75. The molecule has 0 amide bonds. The third kappa shape index (κ3) is 3.52. The van der Waals surface area contributed by atoms with Gasteiger partial charge in [0, 0.05) is 36.1 Å². The third-order valence-corrected chi connectivity index (χ3v) is 5.82. The second kappa shape index (κ2) is 7.27. The highest BCUT2D eigenvalue weighted by molar-refractivity contribution is 7.09. The minimum Gasteiger partial charge on any atom is -0.374 e. The molecular weight excluding hydrogens is 322 g/mol. The fourth-order valence-corrected chi connectivity index (χ4v) is 4.50. The Labute approximate surface area is 146 Å². The quantitative estimate of drug-likeness (QED) is 0.834. The van der Waals surface area contributed by atoms with E-state index >= 15 is 0 Å². The van der Waals surface area contributed by atoms with Gasteiger partial charge >= 0.3 is 0 Å². The molecule has 0 radical (unpaired) electrons. The van der Waals surface area contributed by atoms with Crippen molar-refractivity contribution in [1.82, 2.24) is 14.9 Å². The molecule has 24 heavy (non-hydrogen) atoms. The van der Waals surface area contributed by atoms with E-state index in [9.17, 15) is 0 Å². The summed E-state index contributed by atoms with van der Waals surface area (Å²) < 4.78 is 12.4. The number of pyridine rings is 1. The minimum atomic E-state index is 0.140. The van der Waals surface area contributed by atoms with Crippen molar-refractivity contribution < 1.29 is 9.47 Å². The maximum Gasteiger partial charge on any atom is 0.107 e. The Bertz CT molecular complexity index is 663. The van der Waals surface area contributed by atoms with Gasteiger partial charge in [-0.15, -0.1) is 11.3 Å². The Kier molecular flexibility index (Phi) is 4.89. The average Bonchev–Trinajstić information content (AvgIpc) is 3.13. The lowest BCUT2D eigenvalue weighted by Gasteiger charge is -2.30. The van der Waals surface area contributed by atoms with Gasteiger partial charge in [0.2, 0.25) is 0 Å². The summed E-state index contributed by atoms with van der Waals surface area (Å²) in [6.07, 6.45) is 6.21. The number of aromatic nitrogens is 2. The molecule has 0 spiro atoms. The fraction of sp³-hybridized carbons (Fsp3) is 0.556. The maximum absolute atomic E-state index is 6.30. The molecule has 1 saturated carbocycles. The first-order chi connectivity index (χ1) is 11.8. The zero-order chi connectivity index (χ0) is 16.4. The summed E-state index contributed by atoms with van der Waals surface area (Å²) in [5, 5.41) is 3.31. The summed E-state index contributed by atoms with van der Waals surface area (Å²) in [6, 6.07) is 4.44. The molecule has 2 aliphatic rings. The number of aryl methyl sites for hydroxylation is 1. The largest absolute Gasteiger partial charge is 0.374 e. The van der Waals surface area contributed by atoms with Gasteiger partial charge in [0.25, 0.3) is 0 Å². The van der Waals surface area contributed by atoms with E-state index in [0.29, 0.717) is 12.6 Å². The van der Waals surface area contributed by atoms with Gasteiger partial charge in [-0.25, -0.2) is 4.98 Å². The summed E-state index contributed by atoms with van der Waals surface area (Å²) in [7, 11) is 0. The molecular formula is C18H23N3O2S. The molecule has 2 fully saturated rings. The number of ether oxygens (including phenoxy) is 2. The Hall–Kier alpha value is -1.34. The van der Waals surface area contributed by atoms with Crippen molar-refractivity contribution in [2.45, 2.75) is 51.2 Å². The molecule has 3 heterocycles. The van der Waals surface area contributed by atoms with E-state index in [4.69, 9.17) is 9.47 Å². The molecule has 128 valence electrons. The molecule has 6 heteroatoms. The van der Waals surface area contributed by atoms with E-state index in [1.54, 1.807) is 11.3 Å². The van der Waals surface area contributed by atoms with Gasteiger partial charge in [-0.2, -0.15) is 0 Å². The number of rotatable bonds is 5. The van der Waals surface area contributed by atoms with Crippen LogP contribution < -0.4 is 0 Å². The van der Waals surface area contributed by atoms with Crippen LogP contribution in [0.5, 0.6) is 0 Å². The summed E-state index contributed by atoms with van der Waals surface area (Å²) in [5.41, 5.74) is 2.27. The van der Waals surface area contributed by atoms with E-state index in [2.05, 4.69) is 27.2 Å². The maximum atomic E-state index is 6.30. The first kappa shape index (κ1) is 16.1.